The number of nitrogens with one attached hydrogen (secondary N) is 1. The lowest BCUT2D eigenvalue weighted by Gasteiger charge is -2.18. The summed E-state index contributed by atoms with van der Waals surface area (Å²) in [6.45, 7) is 11.5. The number of hydrogen-bond acceptors (Lipinski definition) is 2. The van der Waals surface area contributed by atoms with Crippen LogP contribution < -0.4 is 5.32 Å². The summed E-state index contributed by atoms with van der Waals surface area (Å²) in [5.74, 6) is 0. The maximum Gasteiger partial charge on any atom is 0.0625 e. The molecule has 96 valence electrons. The van der Waals surface area contributed by atoms with Gasteiger partial charge in [0.25, 0.3) is 0 Å². The number of aromatic nitrogens is 2. The Hall–Kier alpha value is -1.09. The molecular formula is C14H25N3. The third kappa shape index (κ3) is 4.00. The van der Waals surface area contributed by atoms with E-state index in [1.54, 1.807) is 0 Å². The van der Waals surface area contributed by atoms with Crippen molar-refractivity contribution in [3.05, 3.63) is 29.6 Å². The summed E-state index contributed by atoms with van der Waals surface area (Å²) < 4.78 is 2.00. The number of rotatable bonds is 7. The molecule has 0 saturated carbocycles. The molecular weight excluding hydrogens is 210 g/mol. The van der Waals surface area contributed by atoms with Crippen molar-refractivity contribution in [2.75, 3.05) is 6.54 Å². The van der Waals surface area contributed by atoms with Crippen LogP contribution in [0.1, 0.15) is 51.0 Å². The monoisotopic (exact) mass is 235 g/mol. The molecule has 1 aromatic rings. The second-order valence-electron chi connectivity index (χ2n) is 4.71. The third-order valence-corrected chi connectivity index (χ3v) is 2.88. The molecule has 1 atom stereocenters. The van der Waals surface area contributed by atoms with Gasteiger partial charge in [0.05, 0.1) is 17.4 Å². The van der Waals surface area contributed by atoms with Crippen LogP contribution in [-0.2, 0) is 13.5 Å². The fourth-order valence-corrected chi connectivity index (χ4v) is 1.99. The first-order chi connectivity index (χ1) is 8.08. The second kappa shape index (κ2) is 6.60. The highest BCUT2D eigenvalue weighted by atomic mass is 15.3. The minimum absolute atomic E-state index is 0.338. The van der Waals surface area contributed by atoms with Crippen molar-refractivity contribution in [1.29, 1.82) is 0 Å². The molecule has 3 heteroatoms. The summed E-state index contributed by atoms with van der Waals surface area (Å²) in [6.07, 6.45) is 3.11. The minimum atomic E-state index is 0.338. The van der Waals surface area contributed by atoms with E-state index in [0.717, 1.165) is 31.5 Å². The fourth-order valence-electron chi connectivity index (χ4n) is 1.99. The Morgan fingerprint density at radius 2 is 2.24 bits per heavy atom. The largest absolute Gasteiger partial charge is 0.308 e. The molecule has 0 radical (unpaired) electrons. The zero-order valence-corrected chi connectivity index (χ0v) is 11.6. The van der Waals surface area contributed by atoms with Gasteiger partial charge in [0.2, 0.25) is 0 Å². The van der Waals surface area contributed by atoms with Gasteiger partial charge in [-0.05, 0) is 38.8 Å². The van der Waals surface area contributed by atoms with Gasteiger partial charge in [-0.2, -0.15) is 5.10 Å². The van der Waals surface area contributed by atoms with Gasteiger partial charge in [-0.25, -0.2) is 0 Å². The first-order valence-electron chi connectivity index (χ1n) is 6.49. The maximum atomic E-state index is 4.51. The van der Waals surface area contributed by atoms with Crippen LogP contribution in [0.4, 0.5) is 0 Å². The summed E-state index contributed by atoms with van der Waals surface area (Å²) in [4.78, 5) is 0. The number of aryl methyl sites for hydroxylation is 2. The Balaban J connectivity index is 2.86. The van der Waals surface area contributed by atoms with Gasteiger partial charge in [-0.1, -0.05) is 19.4 Å². The van der Waals surface area contributed by atoms with E-state index in [-0.39, 0.29) is 0 Å². The molecule has 0 aromatic carbocycles. The Morgan fingerprint density at radius 3 is 2.71 bits per heavy atom. The molecule has 0 aliphatic rings. The normalized spacial score (nSPS) is 12.7. The van der Waals surface area contributed by atoms with Gasteiger partial charge in [0, 0.05) is 7.05 Å². The van der Waals surface area contributed by atoms with Gasteiger partial charge in [-0.3, -0.25) is 4.68 Å². The molecule has 0 saturated heterocycles. The number of nitrogens with zero attached hydrogens (tertiary/aromatic N) is 2. The quantitative estimate of drug-likeness (QED) is 0.736. The van der Waals surface area contributed by atoms with E-state index >= 15 is 0 Å². The summed E-state index contributed by atoms with van der Waals surface area (Å²) in [5.41, 5.74) is 3.63. The smallest absolute Gasteiger partial charge is 0.0625 e. The zero-order chi connectivity index (χ0) is 12.8. The molecule has 0 aliphatic carbocycles. The highest BCUT2D eigenvalue weighted by Crippen LogP contribution is 2.21. The molecule has 17 heavy (non-hydrogen) atoms. The van der Waals surface area contributed by atoms with Crippen LogP contribution in [0.3, 0.4) is 0 Å². The van der Waals surface area contributed by atoms with Gasteiger partial charge >= 0.3 is 0 Å². The van der Waals surface area contributed by atoms with Gasteiger partial charge < -0.3 is 5.32 Å². The molecule has 0 aliphatic heterocycles. The topological polar surface area (TPSA) is 29.9 Å². The lowest BCUT2D eigenvalue weighted by Crippen LogP contribution is -2.24. The van der Waals surface area contributed by atoms with Crippen molar-refractivity contribution in [3.63, 3.8) is 0 Å². The van der Waals surface area contributed by atoms with Crippen molar-refractivity contribution < 1.29 is 0 Å². The molecule has 1 heterocycles. The second-order valence-corrected chi connectivity index (χ2v) is 4.71. The Morgan fingerprint density at radius 1 is 1.53 bits per heavy atom. The molecule has 0 fully saturated rings. The minimum Gasteiger partial charge on any atom is -0.308 e. The van der Waals surface area contributed by atoms with E-state index in [1.165, 1.54) is 11.3 Å². The van der Waals surface area contributed by atoms with Crippen molar-refractivity contribution in [1.82, 2.24) is 15.1 Å². The fraction of sp³-hybridized carbons (Fsp3) is 0.643. The predicted molar refractivity (Wildman–Crippen MR) is 73.1 cm³/mol. The summed E-state index contributed by atoms with van der Waals surface area (Å²) >= 11 is 0. The van der Waals surface area contributed by atoms with E-state index in [2.05, 4.69) is 43.8 Å². The van der Waals surface area contributed by atoms with Crippen LogP contribution in [0.25, 0.3) is 0 Å². The average molecular weight is 235 g/mol. The standard InChI is InChI=1S/C14H25N3/c1-6-8-15-13(9-11(3)4)14-10-12(7-2)16-17(14)5/h10,13,15H,3,6-9H2,1-2,4-5H3. The lowest BCUT2D eigenvalue weighted by molar-refractivity contribution is 0.492. The molecule has 0 spiro atoms. The SMILES string of the molecule is C=C(C)CC(NCCC)c1cc(CC)nn1C. The Labute approximate surface area is 105 Å². The van der Waals surface area contributed by atoms with E-state index in [9.17, 15) is 0 Å². The van der Waals surface area contributed by atoms with Crippen LogP contribution in [-0.4, -0.2) is 16.3 Å². The molecule has 1 N–H and O–H groups in total. The maximum absolute atomic E-state index is 4.51. The van der Waals surface area contributed by atoms with E-state index in [1.807, 2.05) is 11.7 Å². The van der Waals surface area contributed by atoms with Gasteiger partial charge in [0.1, 0.15) is 0 Å². The van der Waals surface area contributed by atoms with Crippen molar-refractivity contribution in [2.45, 2.75) is 46.1 Å². The van der Waals surface area contributed by atoms with Crippen LogP contribution in [0.5, 0.6) is 0 Å². The summed E-state index contributed by atoms with van der Waals surface area (Å²) in [5, 5.41) is 8.09. The third-order valence-electron chi connectivity index (χ3n) is 2.88. The average Bonchev–Trinajstić information content (AvgIpc) is 2.65. The van der Waals surface area contributed by atoms with E-state index in [4.69, 9.17) is 0 Å². The molecule has 0 bridgehead atoms. The molecule has 1 unspecified atom stereocenters. The zero-order valence-electron chi connectivity index (χ0n) is 11.6. The van der Waals surface area contributed by atoms with Gasteiger partial charge in [-0.15, -0.1) is 6.58 Å². The van der Waals surface area contributed by atoms with Crippen LogP contribution in [0, 0.1) is 0 Å². The van der Waals surface area contributed by atoms with Crippen molar-refractivity contribution in [3.8, 4) is 0 Å². The van der Waals surface area contributed by atoms with E-state index < -0.39 is 0 Å². The Bertz CT molecular complexity index is 366. The summed E-state index contributed by atoms with van der Waals surface area (Å²) in [7, 11) is 2.02. The van der Waals surface area contributed by atoms with E-state index in [0.29, 0.717) is 6.04 Å². The first kappa shape index (κ1) is 14.0. The molecule has 1 rings (SSSR count). The van der Waals surface area contributed by atoms with Crippen molar-refractivity contribution in [2.24, 2.45) is 7.05 Å². The Kier molecular flexibility index (Phi) is 5.42. The predicted octanol–water partition coefficient (Wildman–Crippen LogP) is 2.99. The molecule has 0 amide bonds. The highest BCUT2D eigenvalue weighted by molar-refractivity contribution is 5.16. The van der Waals surface area contributed by atoms with Crippen LogP contribution in [0.15, 0.2) is 18.2 Å². The van der Waals surface area contributed by atoms with Crippen LogP contribution in [0.2, 0.25) is 0 Å². The van der Waals surface area contributed by atoms with Gasteiger partial charge in [0.15, 0.2) is 0 Å². The van der Waals surface area contributed by atoms with Crippen LogP contribution >= 0.6 is 0 Å². The first-order valence-corrected chi connectivity index (χ1v) is 6.49. The molecule has 3 nitrogen and oxygen atoms in total. The number of hydrogen-bond donors (Lipinski definition) is 1. The highest BCUT2D eigenvalue weighted by Gasteiger charge is 2.15. The molecule has 1 aromatic heterocycles. The summed E-state index contributed by atoms with van der Waals surface area (Å²) in [6, 6.07) is 2.54. The lowest BCUT2D eigenvalue weighted by atomic mass is 10.0. The van der Waals surface area contributed by atoms with Crippen molar-refractivity contribution >= 4 is 0 Å².